The number of rotatable bonds is 2. The van der Waals surface area contributed by atoms with Gasteiger partial charge >= 0.3 is 5.69 Å². The van der Waals surface area contributed by atoms with Gasteiger partial charge in [0.15, 0.2) is 6.23 Å². The quantitative estimate of drug-likeness (QED) is 0.423. The van der Waals surface area contributed by atoms with E-state index >= 15 is 0 Å². The highest BCUT2D eigenvalue weighted by Crippen LogP contribution is 2.36. The number of ether oxygens (including phenoxy) is 1. The average molecular weight is 283 g/mol. The van der Waals surface area contributed by atoms with Crippen molar-refractivity contribution in [2.75, 3.05) is 6.61 Å². The molecule has 4 atom stereocenters. The van der Waals surface area contributed by atoms with Crippen LogP contribution in [-0.2, 0) is 4.74 Å². The van der Waals surface area contributed by atoms with E-state index in [0.717, 1.165) is 6.20 Å². The second kappa shape index (κ2) is 5.18. The molecular formula is C11H13N3O6. The molecule has 9 heteroatoms. The zero-order chi connectivity index (χ0) is 14.9. The number of nitrogens with one attached hydrogen (secondary N) is 1. The van der Waals surface area contributed by atoms with Gasteiger partial charge in [0.1, 0.15) is 18.4 Å². The predicted octanol–water partition coefficient (Wildman–Crippen LogP) is -3.06. The first-order valence-corrected chi connectivity index (χ1v) is 5.73. The zero-order valence-electron chi connectivity index (χ0n) is 10.5. The molecule has 0 amide bonds. The van der Waals surface area contributed by atoms with E-state index in [1.165, 1.54) is 6.92 Å². The Morgan fingerprint density at radius 2 is 2.30 bits per heavy atom. The number of aliphatic hydroxyl groups excluding tert-OH is 2. The van der Waals surface area contributed by atoms with Gasteiger partial charge in [0.25, 0.3) is 5.56 Å². The van der Waals surface area contributed by atoms with Crippen molar-refractivity contribution in [1.29, 1.82) is 0 Å². The van der Waals surface area contributed by atoms with E-state index in [-0.39, 0.29) is 0 Å². The molecule has 1 aliphatic rings. The summed E-state index contributed by atoms with van der Waals surface area (Å²) in [4.78, 5) is 24.6. The van der Waals surface area contributed by atoms with Crippen molar-refractivity contribution in [1.82, 2.24) is 14.8 Å². The number of aromatic nitrogens is 3. The number of hydrogen-bond acceptors (Lipinski definition) is 7. The van der Waals surface area contributed by atoms with Crippen LogP contribution in [0.1, 0.15) is 13.2 Å². The Labute approximate surface area is 112 Å². The number of H-pyrrole nitrogens is 1. The molecule has 9 nitrogen and oxygen atoms in total. The van der Waals surface area contributed by atoms with Crippen LogP contribution in [0.25, 0.3) is 0 Å². The van der Waals surface area contributed by atoms with Gasteiger partial charge in [0.2, 0.25) is 5.60 Å². The summed E-state index contributed by atoms with van der Waals surface area (Å²) < 4.78 is 5.88. The standard InChI is InChI=1S/C11H13N3O6/c1-2-3-11(19)8(17)6(5-15)20-9(11)14-10(18)13-7(16)4-12-14/h4,6,8-9,15,17,19H,5H2,1H3,(H,13,16,18). The second-order valence-corrected chi connectivity index (χ2v) is 4.24. The first-order chi connectivity index (χ1) is 9.43. The van der Waals surface area contributed by atoms with Crippen LogP contribution in [0.5, 0.6) is 0 Å². The van der Waals surface area contributed by atoms with E-state index in [4.69, 9.17) is 9.84 Å². The molecule has 2 rings (SSSR count). The third kappa shape index (κ3) is 2.14. The summed E-state index contributed by atoms with van der Waals surface area (Å²) in [6.45, 7) is 0.848. The highest BCUT2D eigenvalue weighted by molar-refractivity contribution is 5.21. The van der Waals surface area contributed by atoms with Gasteiger partial charge in [-0.1, -0.05) is 5.92 Å². The minimum atomic E-state index is -2.13. The molecular weight excluding hydrogens is 270 g/mol. The van der Waals surface area contributed by atoms with E-state index in [1.807, 2.05) is 4.98 Å². The minimum Gasteiger partial charge on any atom is -0.394 e. The van der Waals surface area contributed by atoms with Gasteiger partial charge in [-0.05, 0) is 6.92 Å². The Hall–Kier alpha value is -1.99. The van der Waals surface area contributed by atoms with Gasteiger partial charge in [-0.15, -0.1) is 5.92 Å². The normalized spacial score (nSPS) is 32.7. The molecule has 0 aliphatic carbocycles. The van der Waals surface area contributed by atoms with Crippen molar-refractivity contribution >= 4 is 0 Å². The van der Waals surface area contributed by atoms with Crippen LogP contribution in [0.3, 0.4) is 0 Å². The summed E-state index contributed by atoms with van der Waals surface area (Å²) >= 11 is 0. The van der Waals surface area contributed by atoms with Crippen molar-refractivity contribution in [3.05, 3.63) is 27.0 Å². The van der Waals surface area contributed by atoms with Crippen molar-refractivity contribution < 1.29 is 20.1 Å². The molecule has 4 unspecified atom stereocenters. The SMILES string of the molecule is CC#CC1(O)C(O)C(CO)OC1n1ncc(=O)[nH]c1=O. The van der Waals surface area contributed by atoms with Crippen LogP contribution in [0.4, 0.5) is 0 Å². The molecule has 1 aromatic heterocycles. The fourth-order valence-electron chi connectivity index (χ4n) is 2.03. The lowest BCUT2D eigenvalue weighted by Crippen LogP contribution is -2.49. The molecule has 0 bridgehead atoms. The Kier molecular flexibility index (Phi) is 3.74. The van der Waals surface area contributed by atoms with Crippen molar-refractivity contribution in [2.24, 2.45) is 0 Å². The Morgan fingerprint density at radius 1 is 1.60 bits per heavy atom. The summed E-state index contributed by atoms with van der Waals surface area (Å²) in [5.74, 6) is 4.77. The van der Waals surface area contributed by atoms with Gasteiger partial charge in [0, 0.05) is 0 Å². The lowest BCUT2D eigenvalue weighted by atomic mass is 9.95. The molecule has 0 aromatic carbocycles. The van der Waals surface area contributed by atoms with E-state index < -0.39 is 41.9 Å². The first kappa shape index (κ1) is 14.4. The number of aromatic amines is 1. The van der Waals surface area contributed by atoms with E-state index in [9.17, 15) is 19.8 Å². The number of hydrogen-bond donors (Lipinski definition) is 4. The van der Waals surface area contributed by atoms with Crippen molar-refractivity contribution in [3.8, 4) is 11.8 Å². The lowest BCUT2D eigenvalue weighted by molar-refractivity contribution is -0.0838. The van der Waals surface area contributed by atoms with E-state index in [0.29, 0.717) is 4.68 Å². The van der Waals surface area contributed by atoms with Gasteiger partial charge < -0.3 is 20.1 Å². The van der Waals surface area contributed by atoms with Crippen molar-refractivity contribution in [2.45, 2.75) is 31.0 Å². The summed E-state index contributed by atoms with van der Waals surface area (Å²) in [5, 5.41) is 33.0. The largest absolute Gasteiger partial charge is 0.394 e. The maximum Gasteiger partial charge on any atom is 0.347 e. The third-order valence-electron chi connectivity index (χ3n) is 2.95. The lowest BCUT2D eigenvalue weighted by Gasteiger charge is -2.25. The number of aliphatic hydroxyl groups is 3. The fourth-order valence-corrected chi connectivity index (χ4v) is 2.03. The minimum absolute atomic E-state index is 0.580. The highest BCUT2D eigenvalue weighted by atomic mass is 16.6. The molecule has 2 heterocycles. The third-order valence-corrected chi connectivity index (χ3v) is 2.95. The van der Waals surface area contributed by atoms with Crippen LogP contribution in [0, 0.1) is 11.8 Å². The molecule has 20 heavy (non-hydrogen) atoms. The summed E-state index contributed by atoms with van der Waals surface area (Å²) in [5.41, 5.74) is -3.77. The van der Waals surface area contributed by atoms with Crippen LogP contribution in [0.2, 0.25) is 0 Å². The molecule has 1 aliphatic heterocycles. The number of nitrogens with zero attached hydrogens (tertiary/aromatic N) is 2. The molecule has 1 saturated heterocycles. The molecule has 0 saturated carbocycles. The topological polar surface area (TPSA) is 138 Å². The monoisotopic (exact) mass is 283 g/mol. The molecule has 1 fully saturated rings. The zero-order valence-corrected chi connectivity index (χ0v) is 10.5. The van der Waals surface area contributed by atoms with Gasteiger partial charge in [-0.25, -0.2) is 4.79 Å². The Bertz CT molecular complexity index is 671. The van der Waals surface area contributed by atoms with E-state index in [1.54, 1.807) is 0 Å². The van der Waals surface area contributed by atoms with Crippen LogP contribution in [0.15, 0.2) is 15.8 Å². The highest BCUT2D eigenvalue weighted by Gasteiger charge is 2.56. The van der Waals surface area contributed by atoms with Gasteiger partial charge in [0.05, 0.1) is 6.61 Å². The summed E-state index contributed by atoms with van der Waals surface area (Å²) in [6, 6.07) is 0. The summed E-state index contributed by atoms with van der Waals surface area (Å²) in [6.07, 6.45) is -3.30. The van der Waals surface area contributed by atoms with Crippen LogP contribution >= 0.6 is 0 Å². The van der Waals surface area contributed by atoms with Crippen molar-refractivity contribution in [3.63, 3.8) is 0 Å². The first-order valence-electron chi connectivity index (χ1n) is 5.73. The maximum atomic E-state index is 11.7. The van der Waals surface area contributed by atoms with Crippen LogP contribution < -0.4 is 11.2 Å². The average Bonchev–Trinajstić information content (AvgIpc) is 2.63. The molecule has 108 valence electrons. The van der Waals surface area contributed by atoms with Gasteiger partial charge in [-0.2, -0.15) is 9.78 Å². The molecule has 0 radical (unpaired) electrons. The van der Waals surface area contributed by atoms with Crippen LogP contribution in [-0.4, -0.2) is 54.5 Å². The molecule has 4 N–H and O–H groups in total. The Balaban J connectivity index is 2.55. The smallest absolute Gasteiger partial charge is 0.347 e. The summed E-state index contributed by atoms with van der Waals surface area (Å²) in [7, 11) is 0. The fraction of sp³-hybridized carbons (Fsp3) is 0.545. The maximum absolute atomic E-state index is 11.7. The molecule has 1 aromatic rings. The Morgan fingerprint density at radius 3 is 2.85 bits per heavy atom. The molecule has 0 spiro atoms. The predicted molar refractivity (Wildman–Crippen MR) is 64.5 cm³/mol. The van der Waals surface area contributed by atoms with E-state index in [2.05, 4.69) is 16.9 Å². The van der Waals surface area contributed by atoms with Gasteiger partial charge in [-0.3, -0.25) is 9.78 Å². The second-order valence-electron chi connectivity index (χ2n) is 4.24.